The Bertz CT molecular complexity index is 837. The SMILES string of the molecule is C=C1CC[C@H]2C(C)(C)CCC[C@]2(C)[C@H]1C/C=C1\C(=O)Nc2ccc(Br)cc21. The molecule has 0 aromatic heterocycles. The van der Waals surface area contributed by atoms with E-state index >= 15 is 0 Å². The lowest BCUT2D eigenvalue weighted by Crippen LogP contribution is -2.49. The van der Waals surface area contributed by atoms with Gasteiger partial charge in [0.05, 0.1) is 0 Å². The zero-order chi connectivity index (χ0) is 19.4. The Hall–Kier alpha value is -1.35. The van der Waals surface area contributed by atoms with Gasteiger partial charge in [-0.05, 0) is 73.0 Å². The maximum atomic E-state index is 12.5. The van der Waals surface area contributed by atoms with E-state index in [1.165, 1.54) is 31.3 Å². The van der Waals surface area contributed by atoms with E-state index in [0.29, 0.717) is 16.7 Å². The lowest BCUT2D eigenvalue weighted by atomic mass is 9.47. The summed E-state index contributed by atoms with van der Waals surface area (Å²) in [6, 6.07) is 5.99. The van der Waals surface area contributed by atoms with Gasteiger partial charge in [0.1, 0.15) is 0 Å². The molecule has 0 saturated heterocycles. The van der Waals surface area contributed by atoms with Crippen molar-refractivity contribution in [2.45, 2.75) is 59.3 Å². The first-order valence-corrected chi connectivity index (χ1v) is 11.0. The molecule has 2 fully saturated rings. The van der Waals surface area contributed by atoms with Gasteiger partial charge in [-0.2, -0.15) is 0 Å². The first-order valence-electron chi connectivity index (χ1n) is 10.2. The largest absolute Gasteiger partial charge is 0.321 e. The van der Waals surface area contributed by atoms with E-state index in [1.807, 2.05) is 18.2 Å². The minimum atomic E-state index is 0.0233. The molecule has 4 rings (SSSR count). The highest BCUT2D eigenvalue weighted by molar-refractivity contribution is 9.10. The van der Waals surface area contributed by atoms with Gasteiger partial charge in [-0.15, -0.1) is 0 Å². The number of amides is 1. The summed E-state index contributed by atoms with van der Waals surface area (Å²) in [7, 11) is 0. The number of carbonyl (C=O) groups is 1. The van der Waals surface area contributed by atoms with Gasteiger partial charge in [-0.1, -0.05) is 61.4 Å². The third kappa shape index (κ3) is 3.12. The van der Waals surface area contributed by atoms with E-state index in [2.05, 4.69) is 54.7 Å². The number of anilines is 1. The van der Waals surface area contributed by atoms with E-state index in [0.717, 1.165) is 40.1 Å². The molecule has 0 unspecified atom stereocenters. The summed E-state index contributed by atoms with van der Waals surface area (Å²) in [5, 5.41) is 3.00. The molecule has 144 valence electrons. The Kier molecular flexibility index (Phi) is 4.65. The van der Waals surface area contributed by atoms with Crippen molar-refractivity contribution in [1.29, 1.82) is 0 Å². The second-order valence-corrected chi connectivity index (χ2v) is 10.6. The Labute approximate surface area is 171 Å². The maximum Gasteiger partial charge on any atom is 0.256 e. The minimum absolute atomic E-state index is 0.0233. The average Bonchev–Trinajstić information content (AvgIpc) is 2.88. The number of carbonyl (C=O) groups excluding carboxylic acids is 1. The number of allylic oxidation sites excluding steroid dienone is 2. The molecule has 27 heavy (non-hydrogen) atoms. The van der Waals surface area contributed by atoms with Crippen LogP contribution in [0.25, 0.3) is 5.57 Å². The van der Waals surface area contributed by atoms with Crippen molar-refractivity contribution < 1.29 is 4.79 Å². The van der Waals surface area contributed by atoms with Gasteiger partial charge in [0.25, 0.3) is 5.91 Å². The number of halogens is 1. The highest BCUT2D eigenvalue weighted by Gasteiger charge is 2.52. The molecule has 3 heteroatoms. The predicted octanol–water partition coefficient (Wildman–Crippen LogP) is 6.97. The lowest BCUT2D eigenvalue weighted by Gasteiger charge is -2.58. The van der Waals surface area contributed by atoms with Crippen LogP contribution in [0.5, 0.6) is 0 Å². The molecule has 3 atom stereocenters. The van der Waals surface area contributed by atoms with E-state index in [1.54, 1.807) is 0 Å². The highest BCUT2D eigenvalue weighted by atomic mass is 79.9. The molecular weight excluding hydrogens is 398 g/mol. The van der Waals surface area contributed by atoms with Crippen molar-refractivity contribution in [3.05, 3.63) is 46.5 Å². The van der Waals surface area contributed by atoms with E-state index in [9.17, 15) is 4.79 Å². The lowest BCUT2D eigenvalue weighted by molar-refractivity contribution is -0.110. The van der Waals surface area contributed by atoms with Crippen LogP contribution in [0.1, 0.15) is 64.9 Å². The van der Waals surface area contributed by atoms with E-state index in [-0.39, 0.29) is 5.91 Å². The summed E-state index contributed by atoms with van der Waals surface area (Å²) >= 11 is 3.54. The fourth-order valence-electron chi connectivity index (χ4n) is 6.31. The van der Waals surface area contributed by atoms with Crippen LogP contribution in [0.3, 0.4) is 0 Å². The van der Waals surface area contributed by atoms with Crippen molar-refractivity contribution >= 4 is 33.1 Å². The second-order valence-electron chi connectivity index (χ2n) is 9.65. The van der Waals surface area contributed by atoms with Gasteiger partial charge in [0.2, 0.25) is 0 Å². The Morgan fingerprint density at radius 2 is 2.07 bits per heavy atom. The van der Waals surface area contributed by atoms with Crippen molar-refractivity contribution in [3.8, 4) is 0 Å². The molecule has 3 aliphatic rings. The summed E-state index contributed by atoms with van der Waals surface area (Å²) in [5.41, 5.74) is 4.84. The van der Waals surface area contributed by atoms with Crippen LogP contribution in [0, 0.1) is 22.7 Å². The molecule has 1 heterocycles. The van der Waals surface area contributed by atoms with Crippen LogP contribution in [-0.2, 0) is 4.79 Å². The monoisotopic (exact) mass is 427 g/mol. The van der Waals surface area contributed by atoms with Crippen molar-refractivity contribution in [2.24, 2.45) is 22.7 Å². The fourth-order valence-corrected chi connectivity index (χ4v) is 6.67. The van der Waals surface area contributed by atoms with Crippen LogP contribution < -0.4 is 5.32 Å². The molecule has 2 saturated carbocycles. The van der Waals surface area contributed by atoms with Gasteiger partial charge in [0, 0.05) is 21.3 Å². The molecule has 1 aromatic rings. The van der Waals surface area contributed by atoms with Gasteiger partial charge in [-0.3, -0.25) is 4.79 Å². The molecule has 1 N–H and O–H groups in total. The molecule has 0 radical (unpaired) electrons. The fraction of sp³-hybridized carbons (Fsp3) is 0.542. The molecule has 2 nitrogen and oxygen atoms in total. The third-order valence-corrected chi connectivity index (χ3v) is 8.13. The average molecular weight is 428 g/mol. The third-order valence-electron chi connectivity index (χ3n) is 7.64. The normalized spacial score (nSPS) is 33.6. The van der Waals surface area contributed by atoms with Gasteiger partial charge >= 0.3 is 0 Å². The maximum absolute atomic E-state index is 12.5. The summed E-state index contributed by atoms with van der Waals surface area (Å²) in [5.74, 6) is 1.23. The Morgan fingerprint density at radius 3 is 2.85 bits per heavy atom. The summed E-state index contributed by atoms with van der Waals surface area (Å²) in [4.78, 5) is 12.5. The summed E-state index contributed by atoms with van der Waals surface area (Å²) < 4.78 is 1.01. The molecular formula is C24H30BrNO. The molecule has 2 aliphatic carbocycles. The summed E-state index contributed by atoms with van der Waals surface area (Å²) in [6.07, 6.45) is 9.41. The van der Waals surface area contributed by atoms with Crippen molar-refractivity contribution in [3.63, 3.8) is 0 Å². The van der Waals surface area contributed by atoms with Crippen LogP contribution in [0.2, 0.25) is 0 Å². The topological polar surface area (TPSA) is 29.1 Å². The van der Waals surface area contributed by atoms with Gasteiger partial charge in [0.15, 0.2) is 0 Å². The molecule has 0 spiro atoms. The smallest absolute Gasteiger partial charge is 0.256 e. The van der Waals surface area contributed by atoms with Crippen LogP contribution in [0.15, 0.2) is 40.9 Å². The van der Waals surface area contributed by atoms with Crippen molar-refractivity contribution in [1.82, 2.24) is 0 Å². The van der Waals surface area contributed by atoms with Crippen molar-refractivity contribution in [2.75, 3.05) is 5.32 Å². The molecule has 0 bridgehead atoms. The number of fused-ring (bicyclic) bond motifs is 2. The zero-order valence-corrected chi connectivity index (χ0v) is 18.3. The zero-order valence-electron chi connectivity index (χ0n) is 16.7. The van der Waals surface area contributed by atoms with E-state index < -0.39 is 0 Å². The van der Waals surface area contributed by atoms with Crippen LogP contribution in [-0.4, -0.2) is 5.91 Å². The molecule has 1 aliphatic heterocycles. The predicted molar refractivity (Wildman–Crippen MR) is 116 cm³/mol. The first-order chi connectivity index (χ1) is 12.7. The number of hydrogen-bond donors (Lipinski definition) is 1. The number of benzene rings is 1. The van der Waals surface area contributed by atoms with Gasteiger partial charge < -0.3 is 5.32 Å². The minimum Gasteiger partial charge on any atom is -0.321 e. The van der Waals surface area contributed by atoms with Crippen LogP contribution >= 0.6 is 15.9 Å². The Morgan fingerprint density at radius 1 is 1.30 bits per heavy atom. The summed E-state index contributed by atoms with van der Waals surface area (Å²) in [6.45, 7) is 11.9. The first kappa shape index (κ1) is 19.0. The number of hydrogen-bond acceptors (Lipinski definition) is 1. The number of rotatable bonds is 2. The molecule has 1 amide bonds. The molecule has 1 aromatic carbocycles. The second kappa shape index (κ2) is 6.62. The van der Waals surface area contributed by atoms with Crippen LogP contribution in [0.4, 0.5) is 5.69 Å². The van der Waals surface area contributed by atoms with E-state index in [4.69, 9.17) is 0 Å². The number of nitrogens with one attached hydrogen (secondary N) is 1. The Balaban J connectivity index is 1.66. The highest BCUT2D eigenvalue weighted by Crippen LogP contribution is 2.61. The van der Waals surface area contributed by atoms with Gasteiger partial charge in [-0.25, -0.2) is 0 Å². The standard InChI is InChI=1S/C24H30BrNO/c1-15-6-11-21-23(2,3)12-5-13-24(21,4)19(15)9-8-17-18-14-16(25)7-10-20(18)26-22(17)27/h7-8,10,14,19,21H,1,5-6,9,11-13H2,2-4H3,(H,26,27)/b17-8-/t19-,21-,24+/m0/s1. The quantitative estimate of drug-likeness (QED) is 0.400.